The average molecular weight is 351 g/mol. The molecule has 4 rings (SSSR count). The molecule has 1 unspecified atom stereocenters. The van der Waals surface area contributed by atoms with E-state index >= 15 is 0 Å². The number of hydrogen-bond acceptors (Lipinski definition) is 4. The van der Waals surface area contributed by atoms with Crippen molar-refractivity contribution < 1.29 is 19.1 Å². The van der Waals surface area contributed by atoms with Crippen LogP contribution in [0.4, 0.5) is 0 Å². The molecule has 1 fully saturated rings. The normalized spacial score (nSPS) is 18.2. The number of nitrogens with zero attached hydrogens (tertiary/aromatic N) is 1. The number of Topliss-reactive ketones (excluding diaryl/α,β-unsaturated/α-hetero) is 1. The molecule has 0 aliphatic carbocycles. The molecule has 1 atom stereocenters. The first-order chi connectivity index (χ1) is 12.5. The molecule has 1 amide bonds. The fourth-order valence-electron chi connectivity index (χ4n) is 3.66. The molecule has 2 aliphatic rings. The maximum absolute atomic E-state index is 13.1. The summed E-state index contributed by atoms with van der Waals surface area (Å²) in [7, 11) is 0. The van der Waals surface area contributed by atoms with Crippen LogP contribution in [0, 0.1) is 13.8 Å². The van der Waals surface area contributed by atoms with Crippen LogP contribution in [0.2, 0.25) is 0 Å². The Bertz CT molecular complexity index is 890. The van der Waals surface area contributed by atoms with Gasteiger partial charge < -0.3 is 14.4 Å². The van der Waals surface area contributed by atoms with Crippen molar-refractivity contribution in [1.82, 2.24) is 4.90 Å². The van der Waals surface area contributed by atoms with Crippen LogP contribution in [-0.4, -0.2) is 36.0 Å². The first kappa shape index (κ1) is 16.6. The third-order valence-corrected chi connectivity index (χ3v) is 5.09. The number of fused-ring (bicyclic) bond motifs is 1. The number of carbonyl (C=O) groups is 2. The molecule has 2 aliphatic heterocycles. The van der Waals surface area contributed by atoms with Crippen molar-refractivity contribution in [3.05, 3.63) is 58.7 Å². The highest BCUT2D eigenvalue weighted by Crippen LogP contribution is 2.34. The molecule has 0 N–H and O–H groups in total. The van der Waals surface area contributed by atoms with Gasteiger partial charge in [-0.2, -0.15) is 0 Å². The Balaban J connectivity index is 1.61. The molecule has 0 saturated carbocycles. The number of likely N-dealkylation sites (tertiary alicyclic amines) is 1. The molecule has 0 bridgehead atoms. The van der Waals surface area contributed by atoms with Crippen molar-refractivity contribution in [2.45, 2.75) is 32.7 Å². The molecule has 2 heterocycles. The summed E-state index contributed by atoms with van der Waals surface area (Å²) in [4.78, 5) is 27.8. The van der Waals surface area contributed by atoms with Gasteiger partial charge in [0.1, 0.15) is 0 Å². The third kappa shape index (κ3) is 2.83. The van der Waals surface area contributed by atoms with Gasteiger partial charge in [0.2, 0.25) is 6.79 Å². The Labute approximate surface area is 152 Å². The van der Waals surface area contributed by atoms with Gasteiger partial charge in [-0.3, -0.25) is 9.59 Å². The van der Waals surface area contributed by atoms with Crippen LogP contribution in [0.3, 0.4) is 0 Å². The van der Waals surface area contributed by atoms with Gasteiger partial charge in [-0.1, -0.05) is 17.7 Å². The number of carbonyl (C=O) groups excluding carboxylic acids is 2. The second-order valence-electron chi connectivity index (χ2n) is 6.91. The van der Waals surface area contributed by atoms with Crippen molar-refractivity contribution >= 4 is 11.7 Å². The highest BCUT2D eigenvalue weighted by Gasteiger charge is 2.35. The lowest BCUT2D eigenvalue weighted by Crippen LogP contribution is -2.40. The van der Waals surface area contributed by atoms with E-state index in [4.69, 9.17) is 9.47 Å². The van der Waals surface area contributed by atoms with Crippen molar-refractivity contribution in [2.24, 2.45) is 0 Å². The largest absolute Gasteiger partial charge is 0.454 e. The van der Waals surface area contributed by atoms with Gasteiger partial charge in [0.25, 0.3) is 5.91 Å². The molecule has 1 saturated heterocycles. The summed E-state index contributed by atoms with van der Waals surface area (Å²) >= 11 is 0. The van der Waals surface area contributed by atoms with Crippen LogP contribution >= 0.6 is 0 Å². The standard InChI is InChI=1S/C21H21NO4/c1-13-5-6-14(2)16(10-13)20(23)17-4-3-9-22(17)21(24)15-7-8-18-19(11-15)26-12-25-18/h5-8,10-11,17H,3-4,9,12H2,1-2H3. The minimum Gasteiger partial charge on any atom is -0.454 e. The Morgan fingerprint density at radius 3 is 2.69 bits per heavy atom. The fraction of sp³-hybridized carbons (Fsp3) is 0.333. The number of hydrogen-bond donors (Lipinski definition) is 0. The molecule has 0 aromatic heterocycles. The van der Waals surface area contributed by atoms with Crippen molar-refractivity contribution in [2.75, 3.05) is 13.3 Å². The lowest BCUT2D eigenvalue weighted by atomic mass is 9.96. The predicted molar refractivity (Wildman–Crippen MR) is 96.9 cm³/mol. The monoisotopic (exact) mass is 351 g/mol. The zero-order valence-electron chi connectivity index (χ0n) is 15.0. The van der Waals surface area contributed by atoms with Crippen LogP contribution in [0.1, 0.15) is 44.7 Å². The van der Waals surface area contributed by atoms with E-state index in [2.05, 4.69) is 0 Å². The Morgan fingerprint density at radius 1 is 1.04 bits per heavy atom. The lowest BCUT2D eigenvalue weighted by molar-refractivity contribution is 0.0671. The molecule has 2 aromatic rings. The first-order valence-corrected chi connectivity index (χ1v) is 8.86. The van der Waals surface area contributed by atoms with Gasteiger partial charge in [0.15, 0.2) is 17.3 Å². The van der Waals surface area contributed by atoms with Gasteiger partial charge >= 0.3 is 0 Å². The summed E-state index contributed by atoms with van der Waals surface area (Å²) in [5.74, 6) is 1.11. The Kier molecular flexibility index (Phi) is 4.15. The summed E-state index contributed by atoms with van der Waals surface area (Å²) in [5, 5.41) is 0. The number of rotatable bonds is 3. The molecular weight excluding hydrogens is 330 g/mol. The quantitative estimate of drug-likeness (QED) is 0.794. The summed E-state index contributed by atoms with van der Waals surface area (Å²) in [5.41, 5.74) is 3.23. The molecule has 0 spiro atoms. The van der Waals surface area contributed by atoms with E-state index in [0.29, 0.717) is 35.6 Å². The van der Waals surface area contributed by atoms with Gasteiger partial charge in [-0.25, -0.2) is 0 Å². The number of ether oxygens (including phenoxy) is 2. The smallest absolute Gasteiger partial charge is 0.254 e. The van der Waals surface area contributed by atoms with Crippen molar-refractivity contribution in [3.63, 3.8) is 0 Å². The van der Waals surface area contributed by atoms with Crippen LogP contribution in [0.15, 0.2) is 36.4 Å². The highest BCUT2D eigenvalue weighted by atomic mass is 16.7. The number of benzene rings is 2. The summed E-state index contributed by atoms with van der Waals surface area (Å²) in [6.45, 7) is 4.67. The minimum absolute atomic E-state index is 0.0257. The highest BCUT2D eigenvalue weighted by molar-refractivity contribution is 6.05. The van der Waals surface area contributed by atoms with Gasteiger partial charge in [-0.15, -0.1) is 0 Å². The van der Waals surface area contributed by atoms with Gasteiger partial charge in [0, 0.05) is 17.7 Å². The zero-order valence-corrected chi connectivity index (χ0v) is 15.0. The minimum atomic E-state index is -0.409. The van der Waals surface area contributed by atoms with Crippen molar-refractivity contribution in [3.8, 4) is 11.5 Å². The second-order valence-corrected chi connectivity index (χ2v) is 6.91. The lowest BCUT2D eigenvalue weighted by Gasteiger charge is -2.24. The predicted octanol–water partition coefficient (Wildman–Crippen LogP) is 3.52. The molecule has 2 aromatic carbocycles. The average Bonchev–Trinajstić information content (AvgIpc) is 3.31. The molecule has 5 nitrogen and oxygen atoms in total. The number of amides is 1. The summed E-state index contributed by atoms with van der Waals surface area (Å²) in [6.07, 6.45) is 1.53. The van der Waals surface area contributed by atoms with Crippen molar-refractivity contribution in [1.29, 1.82) is 0 Å². The second kappa shape index (κ2) is 6.48. The van der Waals surface area contributed by atoms with Crippen LogP contribution in [-0.2, 0) is 0 Å². The molecule has 5 heteroatoms. The number of ketones is 1. The summed E-state index contributed by atoms with van der Waals surface area (Å²) < 4.78 is 10.7. The van der Waals surface area contributed by atoms with E-state index in [1.54, 1.807) is 23.1 Å². The maximum atomic E-state index is 13.1. The van der Waals surface area contributed by atoms with Crippen LogP contribution in [0.5, 0.6) is 11.5 Å². The van der Waals surface area contributed by atoms with E-state index in [-0.39, 0.29) is 18.5 Å². The summed E-state index contributed by atoms with van der Waals surface area (Å²) in [6, 6.07) is 10.6. The van der Waals surface area contributed by atoms with E-state index in [1.807, 2.05) is 32.0 Å². The topological polar surface area (TPSA) is 55.8 Å². The number of aryl methyl sites for hydroxylation is 2. The van der Waals surface area contributed by atoms with Gasteiger partial charge in [0.05, 0.1) is 6.04 Å². The molecular formula is C21H21NO4. The maximum Gasteiger partial charge on any atom is 0.254 e. The van der Waals surface area contributed by atoms with E-state index < -0.39 is 6.04 Å². The van der Waals surface area contributed by atoms with E-state index in [0.717, 1.165) is 17.5 Å². The SMILES string of the molecule is Cc1ccc(C)c(C(=O)C2CCCN2C(=O)c2ccc3c(c2)OCO3)c1. The molecule has 134 valence electrons. The first-order valence-electron chi connectivity index (χ1n) is 8.86. The van der Waals surface area contributed by atoms with E-state index in [9.17, 15) is 9.59 Å². The molecule has 26 heavy (non-hydrogen) atoms. The molecule has 0 radical (unpaired) electrons. The van der Waals surface area contributed by atoms with E-state index in [1.165, 1.54) is 0 Å². The Hall–Kier alpha value is -2.82. The fourth-order valence-corrected chi connectivity index (χ4v) is 3.66. The van der Waals surface area contributed by atoms with Gasteiger partial charge in [-0.05, 0) is 56.5 Å². The zero-order chi connectivity index (χ0) is 18.3. The van der Waals surface area contributed by atoms with Crippen LogP contribution in [0.25, 0.3) is 0 Å². The third-order valence-electron chi connectivity index (χ3n) is 5.09. The Morgan fingerprint density at radius 2 is 1.85 bits per heavy atom. The van der Waals surface area contributed by atoms with Crippen LogP contribution < -0.4 is 9.47 Å².